The van der Waals surface area contributed by atoms with Crippen LogP contribution in [0.4, 0.5) is 5.82 Å². The number of aromatic nitrogens is 5. The molecule has 0 aliphatic carbocycles. The maximum Gasteiger partial charge on any atom is 0.205 e. The highest BCUT2D eigenvalue weighted by Gasteiger charge is 2.77. The van der Waals surface area contributed by atoms with Crippen molar-refractivity contribution in [1.29, 1.82) is 0 Å². The quantitative estimate of drug-likeness (QED) is 0.223. The molecule has 3 atom stereocenters. The Morgan fingerprint density at radius 2 is 1.84 bits per heavy atom. The average Bonchev–Trinajstić information content (AvgIpc) is 3.90. The first-order chi connectivity index (χ1) is 21.8. The van der Waals surface area contributed by atoms with E-state index >= 15 is 0 Å². The van der Waals surface area contributed by atoms with E-state index in [0.717, 1.165) is 64.0 Å². The summed E-state index contributed by atoms with van der Waals surface area (Å²) in [4.78, 5) is 31.6. The van der Waals surface area contributed by atoms with Gasteiger partial charge in [0.1, 0.15) is 5.82 Å². The zero-order valence-corrected chi connectivity index (χ0v) is 25.4. The Morgan fingerprint density at radius 3 is 2.61 bits per heavy atom. The molecule has 0 saturated carbocycles. The summed E-state index contributed by atoms with van der Waals surface area (Å²) >= 11 is 3.24. The van der Waals surface area contributed by atoms with Gasteiger partial charge in [0, 0.05) is 53.7 Å². The highest BCUT2D eigenvalue weighted by Crippen LogP contribution is 2.62. The second-order valence-electron chi connectivity index (χ2n) is 11.3. The first kappa shape index (κ1) is 26.6. The van der Waals surface area contributed by atoms with E-state index in [-0.39, 0.29) is 0 Å². The van der Waals surface area contributed by atoms with Crippen molar-refractivity contribution < 1.29 is 9.68 Å². The third-order valence-corrected chi connectivity index (χ3v) is 10.8. The number of para-hydroxylation sites is 1. The molecule has 44 heavy (non-hydrogen) atoms. The van der Waals surface area contributed by atoms with Crippen LogP contribution in [0.1, 0.15) is 30.1 Å². The number of hydrogen-bond acceptors (Lipinski definition) is 10. The van der Waals surface area contributed by atoms with Crippen molar-refractivity contribution in [2.24, 2.45) is 0 Å². The summed E-state index contributed by atoms with van der Waals surface area (Å²) < 4.78 is 7.47. The molecule has 10 nitrogen and oxygen atoms in total. The highest BCUT2D eigenvalue weighted by molar-refractivity contribution is 7.97. The molecule has 0 amide bonds. The molecule has 3 unspecified atom stereocenters. The van der Waals surface area contributed by atoms with Crippen LogP contribution in [-0.2, 0) is 20.8 Å². The number of pyridine rings is 1. The molecule has 4 aromatic heterocycles. The highest BCUT2D eigenvalue weighted by atomic mass is 32.2. The minimum Gasteiger partial charge on any atom is -0.355 e. The van der Waals surface area contributed by atoms with E-state index in [2.05, 4.69) is 80.0 Å². The van der Waals surface area contributed by atoms with Crippen LogP contribution in [-0.4, -0.2) is 65.4 Å². The molecule has 222 valence electrons. The molecular weight excluding hydrogens is 593 g/mol. The predicted octanol–water partition coefficient (Wildman–Crippen LogP) is 5.80. The molecule has 3 saturated heterocycles. The number of aromatic amines is 2. The lowest BCUT2D eigenvalue weighted by Crippen LogP contribution is -2.67. The molecule has 6 aromatic rings. The molecular formula is C32H30N8O2S2. The summed E-state index contributed by atoms with van der Waals surface area (Å²) in [7, 11) is 0. The SMILES string of the molecule is c1ccc2[nH]c(C3(N4CCCO4)N(c4nccc5ccccc45)OC(N4CCCS4)C3(c3ccsn3)c3ncc[nH]3)cc2c1. The minimum atomic E-state index is -1.15. The van der Waals surface area contributed by atoms with Gasteiger partial charge in [-0.1, -0.05) is 54.4 Å². The van der Waals surface area contributed by atoms with E-state index in [1.807, 2.05) is 35.1 Å². The zero-order chi connectivity index (χ0) is 29.1. The molecule has 3 fully saturated rings. The topological polar surface area (TPSA) is 98.4 Å². The van der Waals surface area contributed by atoms with E-state index in [0.29, 0.717) is 19.0 Å². The van der Waals surface area contributed by atoms with Gasteiger partial charge in [-0.05, 0) is 59.4 Å². The van der Waals surface area contributed by atoms with Crippen LogP contribution < -0.4 is 5.06 Å². The lowest BCUT2D eigenvalue weighted by Gasteiger charge is -2.50. The van der Waals surface area contributed by atoms with Crippen LogP contribution >= 0.6 is 23.5 Å². The van der Waals surface area contributed by atoms with Gasteiger partial charge in [-0.3, -0.25) is 4.84 Å². The smallest absolute Gasteiger partial charge is 0.205 e. The third-order valence-electron chi connectivity index (χ3n) is 9.04. The standard InChI is InChI=1S/C32H30N8O2S2/c1-3-9-24-22(7-1)11-13-33-28(24)40-32(39-17-5-18-41-39,27-21-23-8-2-4-10-25(23)36-27)31(26-12-20-43-37-26,29-34-14-15-35-29)30(42-40)38-16-6-19-44-38/h1-4,7-15,20-21,30,36H,5-6,16-19H2,(H,34,35). The number of hydrogen-bond donors (Lipinski definition) is 2. The normalized spacial score (nSPS) is 26.5. The molecule has 7 heterocycles. The second kappa shape index (κ2) is 10.4. The lowest BCUT2D eigenvalue weighted by molar-refractivity contribution is -0.208. The monoisotopic (exact) mass is 622 g/mol. The summed E-state index contributed by atoms with van der Waals surface area (Å²) in [5.74, 6) is 2.46. The number of H-pyrrole nitrogens is 2. The Kier molecular flexibility index (Phi) is 6.29. The first-order valence-corrected chi connectivity index (χ1v) is 16.7. The van der Waals surface area contributed by atoms with Crippen molar-refractivity contribution in [3.63, 3.8) is 0 Å². The molecule has 9 rings (SSSR count). The zero-order valence-electron chi connectivity index (χ0n) is 23.8. The number of anilines is 1. The Balaban J connectivity index is 1.46. The molecule has 3 aliphatic rings. The van der Waals surface area contributed by atoms with Crippen LogP contribution in [0.15, 0.2) is 90.7 Å². The second-order valence-corrected chi connectivity index (χ2v) is 13.1. The van der Waals surface area contributed by atoms with Crippen molar-refractivity contribution in [2.45, 2.75) is 30.1 Å². The summed E-state index contributed by atoms with van der Waals surface area (Å²) in [6.45, 7) is 2.13. The number of fused-ring (bicyclic) bond motifs is 2. The Bertz CT molecular complexity index is 1840. The fourth-order valence-corrected chi connectivity index (χ4v) is 8.95. The number of nitrogens with zero attached hydrogens (tertiary/aromatic N) is 6. The maximum atomic E-state index is 7.42. The first-order valence-electron chi connectivity index (χ1n) is 14.9. The fraction of sp³-hybridized carbons (Fsp3) is 0.281. The van der Waals surface area contributed by atoms with Gasteiger partial charge in [-0.25, -0.2) is 24.2 Å². The Hall–Kier alpha value is -3.78. The largest absolute Gasteiger partial charge is 0.355 e. The maximum absolute atomic E-state index is 7.42. The molecule has 12 heteroatoms. The summed E-state index contributed by atoms with van der Waals surface area (Å²) in [6, 6.07) is 23.1. The van der Waals surface area contributed by atoms with Crippen LogP contribution in [0, 0.1) is 0 Å². The number of imidazole rings is 1. The Morgan fingerprint density at radius 1 is 0.932 bits per heavy atom. The van der Waals surface area contributed by atoms with Crippen LogP contribution in [0.25, 0.3) is 21.7 Å². The summed E-state index contributed by atoms with van der Waals surface area (Å²) in [5, 5.41) is 9.30. The van der Waals surface area contributed by atoms with E-state index in [1.165, 1.54) is 11.5 Å². The van der Waals surface area contributed by atoms with E-state index in [9.17, 15) is 0 Å². The van der Waals surface area contributed by atoms with Crippen molar-refractivity contribution in [1.82, 2.24) is 33.7 Å². The molecule has 2 aromatic carbocycles. The lowest BCUT2D eigenvalue weighted by atomic mass is 9.68. The number of hydroxylamine groups is 3. The van der Waals surface area contributed by atoms with Crippen LogP contribution in [0.5, 0.6) is 0 Å². The van der Waals surface area contributed by atoms with Crippen molar-refractivity contribution in [2.75, 3.05) is 30.5 Å². The molecule has 3 aliphatic heterocycles. The van der Waals surface area contributed by atoms with Crippen LogP contribution in [0.2, 0.25) is 0 Å². The predicted molar refractivity (Wildman–Crippen MR) is 172 cm³/mol. The summed E-state index contributed by atoms with van der Waals surface area (Å²) in [5.41, 5.74) is 0.618. The Labute approximate surface area is 262 Å². The van der Waals surface area contributed by atoms with Crippen molar-refractivity contribution in [3.05, 3.63) is 108 Å². The minimum absolute atomic E-state index is 0.514. The molecule has 0 bridgehead atoms. The number of rotatable bonds is 6. The van der Waals surface area contributed by atoms with Gasteiger partial charge in [0.15, 0.2) is 17.5 Å². The number of nitrogens with one attached hydrogen (secondary N) is 2. The van der Waals surface area contributed by atoms with Gasteiger partial charge >= 0.3 is 0 Å². The van der Waals surface area contributed by atoms with Crippen molar-refractivity contribution >= 4 is 51.0 Å². The fourth-order valence-electron chi connectivity index (χ4n) is 7.30. The van der Waals surface area contributed by atoms with Gasteiger partial charge in [0.05, 0.1) is 18.0 Å². The van der Waals surface area contributed by atoms with Gasteiger partial charge in [0.25, 0.3) is 0 Å². The van der Waals surface area contributed by atoms with Gasteiger partial charge < -0.3 is 9.97 Å². The molecule has 2 N–H and O–H groups in total. The summed E-state index contributed by atoms with van der Waals surface area (Å²) in [6.07, 6.45) is 6.97. The van der Waals surface area contributed by atoms with E-state index in [1.54, 1.807) is 11.9 Å². The van der Waals surface area contributed by atoms with Crippen molar-refractivity contribution in [3.8, 4) is 0 Å². The van der Waals surface area contributed by atoms with Gasteiger partial charge in [-0.15, -0.1) is 0 Å². The average molecular weight is 623 g/mol. The van der Waals surface area contributed by atoms with E-state index < -0.39 is 17.3 Å². The van der Waals surface area contributed by atoms with Crippen LogP contribution in [0.3, 0.4) is 0 Å². The van der Waals surface area contributed by atoms with Gasteiger partial charge in [0.2, 0.25) is 5.66 Å². The molecule has 0 spiro atoms. The molecule has 0 radical (unpaired) electrons. The van der Waals surface area contributed by atoms with Gasteiger partial charge in [-0.2, -0.15) is 9.44 Å². The third kappa shape index (κ3) is 3.60. The number of benzene rings is 2. The van der Waals surface area contributed by atoms with E-state index in [4.69, 9.17) is 24.0 Å².